The second-order valence-corrected chi connectivity index (χ2v) is 6.89. The Morgan fingerprint density at radius 1 is 0.760 bits per heavy atom. The van der Waals surface area contributed by atoms with Gasteiger partial charge in [-0.1, -0.05) is 13.8 Å². The molecule has 10 atom stereocenters. The highest BCUT2D eigenvalue weighted by molar-refractivity contribution is 4.94. The molecule has 0 aromatic carbocycles. The lowest BCUT2D eigenvalue weighted by molar-refractivity contribution is -0.315. The van der Waals surface area contributed by atoms with Crippen LogP contribution in [0, 0.1) is 5.92 Å². The van der Waals surface area contributed by atoms with Gasteiger partial charge in [-0.2, -0.15) is 0 Å². The molecule has 0 aliphatic carbocycles. The fraction of sp³-hybridized carbons (Fsp3) is 1.00. The van der Waals surface area contributed by atoms with Crippen molar-refractivity contribution >= 4 is 0 Å². The predicted molar refractivity (Wildman–Crippen MR) is 81.2 cm³/mol. The Balaban J connectivity index is 1.99. The van der Waals surface area contributed by atoms with Crippen LogP contribution in [0.3, 0.4) is 0 Å². The monoisotopic (exact) mass is 368 g/mol. The smallest absolute Gasteiger partial charge is 0.186 e. The zero-order chi connectivity index (χ0) is 18.9. The quantitative estimate of drug-likeness (QED) is 0.256. The van der Waals surface area contributed by atoms with Crippen LogP contribution < -0.4 is 0 Å². The molecular formula is C15H28O10. The van der Waals surface area contributed by atoms with Crippen LogP contribution in [0.2, 0.25) is 0 Å². The molecule has 6 unspecified atom stereocenters. The van der Waals surface area contributed by atoms with Gasteiger partial charge in [-0.25, -0.2) is 0 Å². The molecule has 0 spiro atoms. The predicted octanol–water partition coefficient (Wildman–Crippen LogP) is -3.69. The Bertz CT molecular complexity index is 419. The first-order valence-corrected chi connectivity index (χ1v) is 8.30. The van der Waals surface area contributed by atoms with Gasteiger partial charge in [-0.3, -0.25) is 0 Å². The minimum Gasteiger partial charge on any atom is -0.394 e. The van der Waals surface area contributed by atoms with E-state index in [-0.39, 0.29) is 12.5 Å². The van der Waals surface area contributed by atoms with E-state index in [0.29, 0.717) is 0 Å². The Morgan fingerprint density at radius 3 is 1.88 bits per heavy atom. The molecular weight excluding hydrogens is 340 g/mol. The third-order valence-electron chi connectivity index (χ3n) is 4.68. The van der Waals surface area contributed by atoms with Crippen molar-refractivity contribution in [2.75, 3.05) is 13.2 Å². The van der Waals surface area contributed by atoms with Gasteiger partial charge < -0.3 is 50.0 Å². The summed E-state index contributed by atoms with van der Waals surface area (Å²) in [6, 6.07) is 0. The summed E-state index contributed by atoms with van der Waals surface area (Å²) in [7, 11) is 0. The van der Waals surface area contributed by atoms with Crippen LogP contribution in [-0.2, 0) is 14.2 Å². The molecule has 7 N–H and O–H groups in total. The van der Waals surface area contributed by atoms with Crippen LogP contribution >= 0.6 is 0 Å². The van der Waals surface area contributed by atoms with Gasteiger partial charge >= 0.3 is 0 Å². The minimum atomic E-state index is -1.58. The van der Waals surface area contributed by atoms with E-state index in [1.165, 1.54) is 0 Å². The molecule has 0 radical (unpaired) electrons. The molecule has 2 saturated heterocycles. The molecule has 2 fully saturated rings. The van der Waals surface area contributed by atoms with Gasteiger partial charge in [-0.15, -0.1) is 0 Å². The highest BCUT2D eigenvalue weighted by atomic mass is 16.7. The largest absolute Gasteiger partial charge is 0.394 e. The molecule has 2 aliphatic heterocycles. The van der Waals surface area contributed by atoms with Gasteiger partial charge in [0.25, 0.3) is 0 Å². The van der Waals surface area contributed by atoms with Crippen molar-refractivity contribution in [2.45, 2.75) is 75.1 Å². The second kappa shape index (κ2) is 8.53. The van der Waals surface area contributed by atoms with Gasteiger partial charge in [0.1, 0.15) is 48.8 Å². The van der Waals surface area contributed by atoms with Gasteiger partial charge in [0, 0.05) is 0 Å². The Morgan fingerprint density at radius 2 is 1.32 bits per heavy atom. The number of hydrogen-bond acceptors (Lipinski definition) is 10. The van der Waals surface area contributed by atoms with E-state index in [1.807, 2.05) is 0 Å². The first-order valence-electron chi connectivity index (χ1n) is 8.30. The van der Waals surface area contributed by atoms with E-state index in [2.05, 4.69) is 0 Å². The third kappa shape index (κ3) is 4.30. The molecule has 0 aromatic heterocycles. The fourth-order valence-corrected chi connectivity index (χ4v) is 3.06. The zero-order valence-corrected chi connectivity index (χ0v) is 14.1. The van der Waals surface area contributed by atoms with Crippen LogP contribution in [0.25, 0.3) is 0 Å². The average Bonchev–Trinajstić information content (AvgIpc) is 2.58. The maximum atomic E-state index is 10.0. The number of ether oxygens (including phenoxy) is 3. The number of hydrogen-bond donors (Lipinski definition) is 7. The van der Waals surface area contributed by atoms with Crippen molar-refractivity contribution in [2.24, 2.45) is 5.92 Å². The number of aliphatic hydroxyl groups excluding tert-OH is 7. The van der Waals surface area contributed by atoms with E-state index in [1.54, 1.807) is 13.8 Å². The van der Waals surface area contributed by atoms with Crippen LogP contribution in [-0.4, -0.2) is 110 Å². The number of rotatable bonds is 5. The summed E-state index contributed by atoms with van der Waals surface area (Å²) in [5.41, 5.74) is 0. The normalized spacial score (nSPS) is 48.7. The van der Waals surface area contributed by atoms with Crippen LogP contribution in [0.15, 0.2) is 0 Å². The Kier molecular flexibility index (Phi) is 7.13. The molecule has 10 nitrogen and oxygen atoms in total. The summed E-state index contributed by atoms with van der Waals surface area (Å²) in [4.78, 5) is 0. The van der Waals surface area contributed by atoms with Crippen LogP contribution in [0.4, 0.5) is 0 Å². The highest BCUT2D eigenvalue weighted by Gasteiger charge is 2.47. The summed E-state index contributed by atoms with van der Waals surface area (Å²) in [6.07, 6.45) is -13.0. The molecule has 0 saturated carbocycles. The molecule has 148 valence electrons. The zero-order valence-electron chi connectivity index (χ0n) is 14.1. The summed E-state index contributed by atoms with van der Waals surface area (Å²) in [6.45, 7) is 2.67. The second-order valence-electron chi connectivity index (χ2n) is 6.89. The van der Waals surface area contributed by atoms with E-state index >= 15 is 0 Å². The lowest BCUT2D eigenvalue weighted by atomic mass is 9.89. The molecule has 10 heteroatoms. The molecule has 25 heavy (non-hydrogen) atoms. The van der Waals surface area contributed by atoms with E-state index in [0.717, 1.165) is 0 Å². The average molecular weight is 368 g/mol. The molecule has 0 amide bonds. The lowest BCUT2D eigenvalue weighted by Gasteiger charge is -2.43. The van der Waals surface area contributed by atoms with Crippen molar-refractivity contribution in [1.29, 1.82) is 0 Å². The van der Waals surface area contributed by atoms with Crippen molar-refractivity contribution in [3.63, 3.8) is 0 Å². The van der Waals surface area contributed by atoms with Gasteiger partial charge in [0.05, 0.1) is 19.3 Å². The molecule has 2 heterocycles. The summed E-state index contributed by atoms with van der Waals surface area (Å²) in [5, 5.41) is 68.5. The van der Waals surface area contributed by atoms with Crippen molar-refractivity contribution in [3.05, 3.63) is 0 Å². The topological polar surface area (TPSA) is 169 Å². The fourth-order valence-electron chi connectivity index (χ4n) is 3.06. The van der Waals surface area contributed by atoms with E-state index in [4.69, 9.17) is 19.3 Å². The van der Waals surface area contributed by atoms with Gasteiger partial charge in [-0.05, 0) is 5.92 Å². The summed E-state index contributed by atoms with van der Waals surface area (Å²) >= 11 is 0. The molecule has 2 aliphatic rings. The minimum absolute atomic E-state index is 0.132. The molecule has 2 rings (SSSR count). The van der Waals surface area contributed by atoms with Gasteiger partial charge in [0.2, 0.25) is 0 Å². The third-order valence-corrected chi connectivity index (χ3v) is 4.68. The first kappa shape index (κ1) is 20.9. The number of aliphatic hydroxyl groups is 7. The maximum absolute atomic E-state index is 10.0. The van der Waals surface area contributed by atoms with E-state index < -0.39 is 67.8 Å². The SMILES string of the molecule is CC(C)[C@H]1OC(CO[C@H]2OC(CO)[C@@H](O)C(O)C2O)[C@@H](O)C(O)C1O. The first-order chi connectivity index (χ1) is 11.7. The molecule has 0 aromatic rings. The Labute approximate surface area is 145 Å². The highest BCUT2D eigenvalue weighted by Crippen LogP contribution is 2.27. The standard InChI is InChI=1S/C15H28O10/c1-5(2)14-12(21)10(19)9(18)7(24-14)4-23-15-13(22)11(20)8(17)6(3-16)25-15/h5-22H,3-4H2,1-2H3/t6?,7?,8-,9-,10?,11?,12?,13?,14-,15+/m1/s1. The van der Waals surface area contributed by atoms with Crippen molar-refractivity contribution < 1.29 is 50.0 Å². The van der Waals surface area contributed by atoms with Crippen LogP contribution in [0.1, 0.15) is 13.8 Å². The molecule has 0 bridgehead atoms. The summed E-state index contributed by atoms with van der Waals surface area (Å²) in [5.74, 6) is -0.132. The Hall–Kier alpha value is -0.400. The van der Waals surface area contributed by atoms with Crippen molar-refractivity contribution in [3.8, 4) is 0 Å². The van der Waals surface area contributed by atoms with Gasteiger partial charge in [0.15, 0.2) is 6.29 Å². The van der Waals surface area contributed by atoms with Crippen LogP contribution in [0.5, 0.6) is 0 Å². The van der Waals surface area contributed by atoms with E-state index in [9.17, 15) is 30.6 Å². The summed E-state index contributed by atoms with van der Waals surface area (Å²) < 4.78 is 16.1. The lowest BCUT2D eigenvalue weighted by Crippen LogP contribution is -2.62. The van der Waals surface area contributed by atoms with Crippen molar-refractivity contribution in [1.82, 2.24) is 0 Å². The maximum Gasteiger partial charge on any atom is 0.186 e.